The van der Waals surface area contributed by atoms with Crippen LogP contribution in [0.2, 0.25) is 0 Å². The van der Waals surface area contributed by atoms with Crippen molar-refractivity contribution >= 4 is 22.6 Å². The molecule has 0 fully saturated rings. The summed E-state index contributed by atoms with van der Waals surface area (Å²) < 4.78 is 1.82. The topological polar surface area (TPSA) is 43.1 Å². The molecule has 0 saturated carbocycles. The Morgan fingerprint density at radius 2 is 1.31 bits per heavy atom. The molecule has 4 heteroatoms. The Morgan fingerprint density at radius 3 is 2.14 bits per heavy atom. The van der Waals surface area contributed by atoms with Crippen LogP contribution in [0.1, 0.15) is 5.56 Å². The average Bonchev–Trinajstić information content (AvgIpc) is 3.23. The van der Waals surface area contributed by atoms with Crippen LogP contribution in [0.5, 0.6) is 0 Å². The van der Waals surface area contributed by atoms with Crippen LogP contribution in [0.15, 0.2) is 114 Å². The van der Waals surface area contributed by atoms with E-state index in [1.54, 1.807) is 0 Å². The van der Waals surface area contributed by atoms with E-state index < -0.39 is 0 Å². The van der Waals surface area contributed by atoms with E-state index in [0.717, 1.165) is 39.2 Å². The van der Waals surface area contributed by atoms with Crippen molar-refractivity contribution in [1.82, 2.24) is 15.0 Å². The molecule has 0 unspecified atom stereocenters. The van der Waals surface area contributed by atoms with Gasteiger partial charge in [-0.05, 0) is 35.4 Å². The fourth-order valence-electron chi connectivity index (χ4n) is 3.42. The van der Waals surface area contributed by atoms with Gasteiger partial charge in [-0.25, -0.2) is 4.99 Å². The Morgan fingerprint density at radius 1 is 0.655 bits per heavy atom. The zero-order valence-corrected chi connectivity index (χ0v) is 15.7. The minimum absolute atomic E-state index is 0.740. The number of rotatable bonds is 3. The largest absolute Gasteiger partial charge is 0.229 e. The van der Waals surface area contributed by atoms with Gasteiger partial charge in [0.25, 0.3) is 0 Å². The van der Waals surface area contributed by atoms with Gasteiger partial charge in [0.2, 0.25) is 0 Å². The maximum absolute atomic E-state index is 4.98. The second kappa shape index (κ2) is 7.52. The maximum atomic E-state index is 4.98. The number of nitrogens with zero attached hydrogens (tertiary/aromatic N) is 4. The number of para-hydroxylation sites is 2. The zero-order valence-electron chi connectivity index (χ0n) is 15.7. The summed E-state index contributed by atoms with van der Waals surface area (Å²) in [6.45, 7) is 0. The Hall–Kier alpha value is -4.05. The van der Waals surface area contributed by atoms with E-state index in [1.165, 1.54) is 0 Å². The van der Waals surface area contributed by atoms with Crippen LogP contribution in [-0.4, -0.2) is 20.8 Å². The van der Waals surface area contributed by atoms with Gasteiger partial charge < -0.3 is 0 Å². The van der Waals surface area contributed by atoms with E-state index in [9.17, 15) is 0 Å². The van der Waals surface area contributed by atoms with Gasteiger partial charge in [0, 0.05) is 5.56 Å². The second-order valence-electron chi connectivity index (χ2n) is 6.67. The van der Waals surface area contributed by atoms with Crippen molar-refractivity contribution in [3.05, 3.63) is 115 Å². The SMILES string of the molecule is c1ccc(N=C(c2ccccc2-c2ccccc2)n2nnc3ccccc32)cc1. The smallest absolute Gasteiger partial charge is 0.164 e. The first-order valence-electron chi connectivity index (χ1n) is 9.49. The highest BCUT2D eigenvalue weighted by atomic mass is 15.4. The molecule has 0 aliphatic carbocycles. The summed E-state index contributed by atoms with van der Waals surface area (Å²) in [7, 11) is 0. The summed E-state index contributed by atoms with van der Waals surface area (Å²) in [5.41, 5.74) is 5.86. The molecule has 4 aromatic carbocycles. The number of aliphatic imine (C=N–C) groups is 1. The lowest BCUT2D eigenvalue weighted by Crippen LogP contribution is -2.16. The predicted octanol–water partition coefficient (Wildman–Crippen LogP) is 5.72. The number of hydrogen-bond donors (Lipinski definition) is 0. The highest BCUT2D eigenvalue weighted by Crippen LogP contribution is 2.27. The van der Waals surface area contributed by atoms with E-state index in [2.05, 4.69) is 34.6 Å². The first kappa shape index (κ1) is 17.1. The zero-order chi connectivity index (χ0) is 19.5. The third-order valence-corrected chi connectivity index (χ3v) is 4.80. The van der Waals surface area contributed by atoms with E-state index >= 15 is 0 Å². The second-order valence-corrected chi connectivity index (χ2v) is 6.67. The van der Waals surface area contributed by atoms with E-state index in [-0.39, 0.29) is 0 Å². The highest BCUT2D eigenvalue weighted by molar-refractivity contribution is 6.09. The molecule has 0 radical (unpaired) electrons. The molecule has 0 N–H and O–H groups in total. The molecule has 1 aromatic heterocycles. The molecule has 1 heterocycles. The van der Waals surface area contributed by atoms with Crippen LogP contribution in [0.3, 0.4) is 0 Å². The van der Waals surface area contributed by atoms with Gasteiger partial charge in [0.1, 0.15) is 5.52 Å². The third kappa shape index (κ3) is 3.32. The first-order valence-corrected chi connectivity index (χ1v) is 9.49. The summed E-state index contributed by atoms with van der Waals surface area (Å²) in [6.07, 6.45) is 0. The molecule has 0 bridgehead atoms. The summed E-state index contributed by atoms with van der Waals surface area (Å²) in [4.78, 5) is 4.98. The van der Waals surface area contributed by atoms with Gasteiger partial charge >= 0.3 is 0 Å². The Kier molecular flexibility index (Phi) is 4.43. The number of fused-ring (bicyclic) bond motifs is 1. The van der Waals surface area contributed by atoms with Crippen molar-refractivity contribution < 1.29 is 0 Å². The van der Waals surface area contributed by atoms with Gasteiger partial charge in [-0.1, -0.05) is 90.1 Å². The van der Waals surface area contributed by atoms with Crippen LogP contribution < -0.4 is 0 Å². The summed E-state index contributed by atoms with van der Waals surface area (Å²) in [6, 6.07) is 36.5. The maximum Gasteiger partial charge on any atom is 0.164 e. The van der Waals surface area contributed by atoms with Gasteiger partial charge in [0.05, 0.1) is 11.2 Å². The van der Waals surface area contributed by atoms with Crippen molar-refractivity contribution in [2.45, 2.75) is 0 Å². The lowest BCUT2D eigenvalue weighted by molar-refractivity contribution is 0.862. The van der Waals surface area contributed by atoms with Crippen LogP contribution in [0, 0.1) is 0 Å². The summed E-state index contributed by atoms with van der Waals surface area (Å²) in [5.74, 6) is 0.740. The Bertz CT molecular complexity index is 1290. The molecular formula is C25H18N4. The van der Waals surface area contributed by atoms with Crippen LogP contribution in [-0.2, 0) is 0 Å². The summed E-state index contributed by atoms with van der Waals surface area (Å²) in [5, 5.41) is 8.78. The lowest BCUT2D eigenvalue weighted by atomic mass is 9.99. The van der Waals surface area contributed by atoms with E-state index in [0.29, 0.717) is 0 Å². The molecule has 0 atom stereocenters. The van der Waals surface area contributed by atoms with E-state index in [4.69, 9.17) is 4.99 Å². The van der Waals surface area contributed by atoms with Gasteiger partial charge in [0.15, 0.2) is 5.84 Å². The van der Waals surface area contributed by atoms with Crippen molar-refractivity contribution in [3.63, 3.8) is 0 Å². The van der Waals surface area contributed by atoms with Gasteiger partial charge in [-0.15, -0.1) is 5.10 Å². The molecule has 5 aromatic rings. The fraction of sp³-hybridized carbons (Fsp3) is 0. The molecule has 0 spiro atoms. The molecule has 0 aliphatic heterocycles. The normalized spacial score (nSPS) is 11.7. The van der Waals surface area contributed by atoms with Crippen molar-refractivity contribution in [1.29, 1.82) is 0 Å². The van der Waals surface area contributed by atoms with Crippen LogP contribution >= 0.6 is 0 Å². The van der Waals surface area contributed by atoms with Crippen molar-refractivity contribution in [3.8, 4) is 11.1 Å². The van der Waals surface area contributed by atoms with E-state index in [1.807, 2.05) is 89.6 Å². The molecular weight excluding hydrogens is 356 g/mol. The quantitative estimate of drug-likeness (QED) is 0.299. The van der Waals surface area contributed by atoms with Crippen LogP contribution in [0.25, 0.3) is 22.2 Å². The monoisotopic (exact) mass is 374 g/mol. The van der Waals surface area contributed by atoms with Gasteiger partial charge in [-0.3, -0.25) is 0 Å². The molecule has 0 aliphatic rings. The lowest BCUT2D eigenvalue weighted by Gasteiger charge is -2.13. The third-order valence-electron chi connectivity index (χ3n) is 4.80. The first-order chi connectivity index (χ1) is 14.4. The number of hydrogen-bond acceptors (Lipinski definition) is 3. The molecule has 5 rings (SSSR count). The van der Waals surface area contributed by atoms with Crippen LogP contribution in [0.4, 0.5) is 5.69 Å². The molecule has 29 heavy (non-hydrogen) atoms. The molecule has 0 saturated heterocycles. The number of benzene rings is 4. The Labute approximate surface area is 168 Å². The average molecular weight is 374 g/mol. The fourth-order valence-corrected chi connectivity index (χ4v) is 3.42. The minimum Gasteiger partial charge on any atom is -0.229 e. The molecule has 138 valence electrons. The standard InChI is InChI=1S/C25H18N4/c1-3-11-19(12-4-1)21-15-7-8-16-22(21)25(26-20-13-5-2-6-14-20)29-24-18-10-9-17-23(24)27-28-29/h1-18H. The number of aromatic nitrogens is 3. The summed E-state index contributed by atoms with van der Waals surface area (Å²) >= 11 is 0. The molecule has 0 amide bonds. The molecule has 4 nitrogen and oxygen atoms in total. The van der Waals surface area contributed by atoms with Crippen molar-refractivity contribution in [2.75, 3.05) is 0 Å². The van der Waals surface area contributed by atoms with Crippen molar-refractivity contribution in [2.24, 2.45) is 4.99 Å². The predicted molar refractivity (Wildman–Crippen MR) is 117 cm³/mol. The van der Waals surface area contributed by atoms with Gasteiger partial charge in [-0.2, -0.15) is 4.68 Å². The highest BCUT2D eigenvalue weighted by Gasteiger charge is 2.16. The Balaban J connectivity index is 1.78. The minimum atomic E-state index is 0.740.